The molecular formula is C11H7N5O2. The third kappa shape index (κ3) is 1.58. The van der Waals surface area contributed by atoms with Crippen LogP contribution in [0.1, 0.15) is 0 Å². The second-order valence-corrected chi connectivity index (χ2v) is 3.58. The van der Waals surface area contributed by atoms with Crippen LogP contribution in [0.2, 0.25) is 0 Å². The molecule has 0 amide bonds. The molecule has 0 saturated carbocycles. The average molecular weight is 241 g/mol. The van der Waals surface area contributed by atoms with Gasteiger partial charge in [0.1, 0.15) is 6.20 Å². The van der Waals surface area contributed by atoms with Crippen LogP contribution in [0.4, 0.5) is 5.82 Å². The van der Waals surface area contributed by atoms with Crippen LogP contribution in [0.15, 0.2) is 42.9 Å². The van der Waals surface area contributed by atoms with E-state index >= 15 is 0 Å². The summed E-state index contributed by atoms with van der Waals surface area (Å²) in [5.74, 6) is -0.207. The van der Waals surface area contributed by atoms with Crippen molar-refractivity contribution >= 4 is 11.5 Å². The Morgan fingerprint density at radius 3 is 2.83 bits per heavy atom. The Kier molecular flexibility index (Phi) is 2.23. The molecule has 0 N–H and O–H groups in total. The van der Waals surface area contributed by atoms with Crippen molar-refractivity contribution in [3.05, 3.63) is 53.0 Å². The molecule has 88 valence electrons. The lowest BCUT2D eigenvalue weighted by atomic mass is 10.2. The monoisotopic (exact) mass is 241 g/mol. The lowest BCUT2D eigenvalue weighted by Crippen LogP contribution is -1.94. The van der Waals surface area contributed by atoms with Gasteiger partial charge >= 0.3 is 5.82 Å². The van der Waals surface area contributed by atoms with Gasteiger partial charge in [-0.2, -0.15) is 5.10 Å². The lowest BCUT2D eigenvalue weighted by Gasteiger charge is -1.97. The van der Waals surface area contributed by atoms with Crippen LogP contribution in [0, 0.1) is 10.1 Å². The molecule has 0 bridgehead atoms. The summed E-state index contributed by atoms with van der Waals surface area (Å²) >= 11 is 0. The van der Waals surface area contributed by atoms with Crippen LogP contribution < -0.4 is 0 Å². The maximum absolute atomic E-state index is 10.9. The highest BCUT2D eigenvalue weighted by Crippen LogP contribution is 2.26. The largest absolute Gasteiger partial charge is 0.372 e. The van der Waals surface area contributed by atoms with E-state index < -0.39 is 4.92 Å². The van der Waals surface area contributed by atoms with Crippen LogP contribution in [0.3, 0.4) is 0 Å². The van der Waals surface area contributed by atoms with E-state index in [0.717, 1.165) is 0 Å². The van der Waals surface area contributed by atoms with E-state index in [-0.39, 0.29) is 5.82 Å². The number of nitro groups is 1. The molecule has 0 spiro atoms. The van der Waals surface area contributed by atoms with Crippen molar-refractivity contribution in [1.82, 2.24) is 19.6 Å². The standard InChI is InChI=1S/C11H7N5O2/c17-16(18)11-8(3-1-5-12-11)9-7-15-10(14-9)4-2-6-13-15/h1-7H. The van der Waals surface area contributed by atoms with E-state index in [1.807, 2.05) is 0 Å². The van der Waals surface area contributed by atoms with Gasteiger partial charge in [-0.15, -0.1) is 0 Å². The second kappa shape index (κ2) is 3.88. The van der Waals surface area contributed by atoms with Crippen molar-refractivity contribution in [2.45, 2.75) is 0 Å². The second-order valence-electron chi connectivity index (χ2n) is 3.58. The highest BCUT2D eigenvalue weighted by atomic mass is 16.6. The van der Waals surface area contributed by atoms with Crippen LogP contribution in [-0.2, 0) is 0 Å². The molecule has 18 heavy (non-hydrogen) atoms. The Morgan fingerprint density at radius 1 is 1.22 bits per heavy atom. The molecule has 0 saturated heterocycles. The zero-order chi connectivity index (χ0) is 12.5. The third-order valence-electron chi connectivity index (χ3n) is 2.47. The molecule has 3 aromatic heterocycles. The molecule has 3 rings (SSSR count). The van der Waals surface area contributed by atoms with Crippen LogP contribution >= 0.6 is 0 Å². The molecule has 7 heteroatoms. The molecule has 0 aromatic carbocycles. The summed E-state index contributed by atoms with van der Waals surface area (Å²) in [4.78, 5) is 18.4. The molecule has 0 aliphatic carbocycles. The summed E-state index contributed by atoms with van der Waals surface area (Å²) in [6.07, 6.45) is 4.64. The highest BCUT2D eigenvalue weighted by Gasteiger charge is 2.18. The molecule has 0 radical (unpaired) electrons. The Hall–Kier alpha value is -2.83. The summed E-state index contributed by atoms with van der Waals surface area (Å²) in [6.45, 7) is 0. The molecule has 0 atom stereocenters. The van der Waals surface area contributed by atoms with Gasteiger partial charge in [-0.25, -0.2) is 9.50 Å². The number of rotatable bonds is 2. The first kappa shape index (κ1) is 10.3. The first-order valence-electron chi connectivity index (χ1n) is 5.16. The Balaban J connectivity index is 2.23. The van der Waals surface area contributed by atoms with Gasteiger partial charge in [0.25, 0.3) is 0 Å². The van der Waals surface area contributed by atoms with Crippen molar-refractivity contribution in [2.75, 3.05) is 0 Å². The maximum Gasteiger partial charge on any atom is 0.372 e. The van der Waals surface area contributed by atoms with E-state index in [4.69, 9.17) is 0 Å². The SMILES string of the molecule is O=[N+]([O-])c1ncccc1-c1cn2ncccc2n1. The number of fused-ring (bicyclic) bond motifs is 1. The van der Waals surface area contributed by atoms with Crippen molar-refractivity contribution < 1.29 is 4.92 Å². The van der Waals surface area contributed by atoms with Gasteiger partial charge in [0.15, 0.2) is 5.65 Å². The fourth-order valence-corrected chi connectivity index (χ4v) is 1.70. The Labute approximate surface area is 101 Å². The zero-order valence-electron chi connectivity index (χ0n) is 9.09. The van der Waals surface area contributed by atoms with Gasteiger partial charge in [0, 0.05) is 6.20 Å². The van der Waals surface area contributed by atoms with Gasteiger partial charge in [0.2, 0.25) is 0 Å². The van der Waals surface area contributed by atoms with Crippen LogP contribution in [-0.4, -0.2) is 24.5 Å². The zero-order valence-corrected chi connectivity index (χ0v) is 9.09. The number of imidazole rings is 1. The Bertz CT molecular complexity index is 704. The molecular weight excluding hydrogens is 234 g/mol. The van der Waals surface area contributed by atoms with Gasteiger partial charge in [-0.05, 0) is 34.2 Å². The van der Waals surface area contributed by atoms with E-state index in [1.165, 1.54) is 6.20 Å². The minimum atomic E-state index is -0.521. The fourth-order valence-electron chi connectivity index (χ4n) is 1.70. The van der Waals surface area contributed by atoms with Gasteiger partial charge in [-0.3, -0.25) is 0 Å². The summed E-state index contributed by atoms with van der Waals surface area (Å²) in [5, 5.41) is 15.0. The highest BCUT2D eigenvalue weighted by molar-refractivity contribution is 5.69. The third-order valence-corrected chi connectivity index (χ3v) is 2.47. The van der Waals surface area contributed by atoms with Crippen molar-refractivity contribution in [3.8, 4) is 11.3 Å². The predicted molar refractivity (Wildman–Crippen MR) is 62.9 cm³/mol. The lowest BCUT2D eigenvalue weighted by molar-refractivity contribution is -0.388. The number of hydrogen-bond acceptors (Lipinski definition) is 5. The molecule has 0 aliphatic rings. The molecule has 3 aromatic rings. The predicted octanol–water partition coefficient (Wildman–Crippen LogP) is 1.70. The number of nitrogens with zero attached hydrogens (tertiary/aromatic N) is 5. The van der Waals surface area contributed by atoms with E-state index in [2.05, 4.69) is 15.1 Å². The Morgan fingerprint density at radius 2 is 2.06 bits per heavy atom. The molecule has 0 fully saturated rings. The summed E-state index contributed by atoms with van der Waals surface area (Å²) in [6, 6.07) is 6.79. The maximum atomic E-state index is 10.9. The molecule has 3 heterocycles. The number of hydrogen-bond donors (Lipinski definition) is 0. The first-order valence-corrected chi connectivity index (χ1v) is 5.16. The molecule has 0 aliphatic heterocycles. The minimum absolute atomic E-state index is 0.207. The van der Waals surface area contributed by atoms with Gasteiger partial charge in [-0.1, -0.05) is 0 Å². The minimum Gasteiger partial charge on any atom is -0.358 e. The smallest absolute Gasteiger partial charge is 0.358 e. The molecule has 0 unspecified atom stereocenters. The van der Waals surface area contributed by atoms with E-state index in [9.17, 15) is 10.1 Å². The molecule has 7 nitrogen and oxygen atoms in total. The van der Waals surface area contributed by atoms with Crippen molar-refractivity contribution in [3.63, 3.8) is 0 Å². The first-order chi connectivity index (χ1) is 8.75. The van der Waals surface area contributed by atoms with Crippen molar-refractivity contribution in [2.24, 2.45) is 0 Å². The summed E-state index contributed by atoms with van der Waals surface area (Å²) < 4.78 is 1.56. The average Bonchev–Trinajstić information content (AvgIpc) is 2.82. The van der Waals surface area contributed by atoms with Crippen LogP contribution in [0.25, 0.3) is 16.9 Å². The fraction of sp³-hybridized carbons (Fsp3) is 0. The van der Waals surface area contributed by atoms with Gasteiger partial charge < -0.3 is 10.1 Å². The summed E-state index contributed by atoms with van der Waals surface area (Å²) in [5.41, 5.74) is 1.49. The van der Waals surface area contributed by atoms with E-state index in [0.29, 0.717) is 16.9 Å². The van der Waals surface area contributed by atoms with Crippen LogP contribution in [0.5, 0.6) is 0 Å². The quantitative estimate of drug-likeness (QED) is 0.503. The normalized spacial score (nSPS) is 10.7. The van der Waals surface area contributed by atoms with Gasteiger partial charge in [0.05, 0.1) is 17.5 Å². The number of aromatic nitrogens is 4. The summed E-state index contributed by atoms with van der Waals surface area (Å²) in [7, 11) is 0. The topological polar surface area (TPSA) is 86.2 Å². The van der Waals surface area contributed by atoms with E-state index in [1.54, 1.807) is 41.2 Å². The van der Waals surface area contributed by atoms with Crippen molar-refractivity contribution in [1.29, 1.82) is 0 Å². The number of pyridine rings is 1.